The van der Waals surface area contributed by atoms with Crippen LogP contribution in [0, 0.1) is 14.4 Å². The van der Waals surface area contributed by atoms with Crippen LogP contribution >= 0.6 is 34.2 Å². The molecule has 0 atom stereocenters. The maximum absolute atomic E-state index is 13.7. The van der Waals surface area contributed by atoms with Gasteiger partial charge in [-0.3, -0.25) is 9.59 Å². The number of hydrogen-bond donors (Lipinski definition) is 1. The highest BCUT2D eigenvalue weighted by atomic mass is 127. The van der Waals surface area contributed by atoms with E-state index in [2.05, 4.69) is 55.6 Å². The highest BCUT2D eigenvalue weighted by Crippen LogP contribution is 2.52. The molecule has 1 heterocycles. The van der Waals surface area contributed by atoms with Gasteiger partial charge in [0.05, 0.1) is 10.2 Å². The molecule has 2 aliphatic carbocycles. The molecule has 3 aliphatic rings. The summed E-state index contributed by atoms with van der Waals surface area (Å²) in [5, 5.41) is 4.27. The van der Waals surface area contributed by atoms with Crippen molar-refractivity contribution >= 4 is 45.8 Å². The molecule has 0 aromatic heterocycles. The third-order valence-electron chi connectivity index (χ3n) is 7.68. The average molecular weight is 660 g/mol. The van der Waals surface area contributed by atoms with Gasteiger partial charge in [0.1, 0.15) is 6.61 Å². The van der Waals surface area contributed by atoms with Crippen molar-refractivity contribution in [1.82, 2.24) is 5.32 Å². The fourth-order valence-corrected chi connectivity index (χ4v) is 7.02. The first-order chi connectivity index (χ1) is 18.4. The summed E-state index contributed by atoms with van der Waals surface area (Å²) < 4.78 is 13.2. The highest BCUT2D eigenvalue weighted by Gasteiger charge is 2.46. The Morgan fingerprint density at radius 1 is 0.897 bits per heavy atom. The van der Waals surface area contributed by atoms with E-state index >= 15 is 0 Å². The second-order valence-corrected chi connectivity index (χ2v) is 14.0. The minimum atomic E-state index is -0.415. The largest absolute Gasteiger partial charge is 0.490 e. The van der Waals surface area contributed by atoms with Crippen molar-refractivity contribution in [2.45, 2.75) is 72.8 Å². The van der Waals surface area contributed by atoms with Gasteiger partial charge in [-0.1, -0.05) is 51.4 Å². The summed E-state index contributed by atoms with van der Waals surface area (Å²) in [6.07, 6.45) is 2.47. The van der Waals surface area contributed by atoms with E-state index < -0.39 is 5.92 Å². The molecule has 0 saturated heterocycles. The Balaban J connectivity index is 1.60. The van der Waals surface area contributed by atoms with E-state index in [4.69, 9.17) is 21.1 Å². The van der Waals surface area contributed by atoms with Crippen LogP contribution in [-0.2, 0) is 16.2 Å². The molecule has 206 valence electrons. The number of nitrogens with one attached hydrogen (secondary N) is 1. The number of carbonyl (C=O) groups excluding carboxylic acids is 2. The molecule has 5 nitrogen and oxygen atoms in total. The molecule has 0 saturated carbocycles. The number of Topliss-reactive ketones (excluding diaryl/α,β-unsaturated/α-hetero) is 2. The Kier molecular flexibility index (Phi) is 7.66. The standard InChI is InChI=1S/C32H35ClINO4/c1-6-38-26-12-19(11-21(34)30(26)39-17-18-7-9-20(33)10-8-18)27-28-22(13-31(2,3)15-24(28)36)35-23-14-32(4,5)16-25(37)29(23)27/h7-12,27,35H,6,13-17H2,1-5H3. The number of rotatable bonds is 6. The molecule has 0 amide bonds. The lowest BCUT2D eigenvalue weighted by atomic mass is 9.64. The average Bonchev–Trinajstić information content (AvgIpc) is 2.81. The Morgan fingerprint density at radius 2 is 1.46 bits per heavy atom. The van der Waals surface area contributed by atoms with E-state index in [1.165, 1.54) is 0 Å². The lowest BCUT2D eigenvalue weighted by Gasteiger charge is -2.44. The van der Waals surface area contributed by atoms with Crippen LogP contribution < -0.4 is 14.8 Å². The Bertz CT molecular complexity index is 1350. The van der Waals surface area contributed by atoms with Gasteiger partial charge in [0.2, 0.25) is 0 Å². The van der Waals surface area contributed by atoms with Gasteiger partial charge in [-0.15, -0.1) is 0 Å². The summed E-state index contributed by atoms with van der Waals surface area (Å²) >= 11 is 8.31. The van der Waals surface area contributed by atoms with Gasteiger partial charge in [-0.25, -0.2) is 0 Å². The Labute approximate surface area is 249 Å². The second kappa shape index (κ2) is 10.6. The number of ketones is 2. The van der Waals surface area contributed by atoms with Crippen LogP contribution in [0.4, 0.5) is 0 Å². The topological polar surface area (TPSA) is 64.6 Å². The zero-order chi connectivity index (χ0) is 28.1. The first kappa shape index (κ1) is 28.2. The molecule has 0 unspecified atom stereocenters. The number of allylic oxidation sites excluding steroid dienone is 4. The molecule has 0 spiro atoms. The smallest absolute Gasteiger partial charge is 0.174 e. The monoisotopic (exact) mass is 659 g/mol. The molecule has 2 aromatic rings. The van der Waals surface area contributed by atoms with E-state index in [1.54, 1.807) is 0 Å². The van der Waals surface area contributed by atoms with Crippen molar-refractivity contribution < 1.29 is 19.1 Å². The molecule has 0 radical (unpaired) electrons. The summed E-state index contributed by atoms with van der Waals surface area (Å²) in [5.74, 6) is 1.07. The maximum atomic E-state index is 13.7. The highest BCUT2D eigenvalue weighted by molar-refractivity contribution is 14.1. The second-order valence-electron chi connectivity index (χ2n) is 12.4. The quantitative estimate of drug-likeness (QED) is 0.320. The molecule has 2 aromatic carbocycles. The molecule has 7 heteroatoms. The summed E-state index contributed by atoms with van der Waals surface area (Å²) in [5.41, 5.74) is 5.00. The lowest BCUT2D eigenvalue weighted by Crippen LogP contribution is -2.42. The number of carbonyl (C=O) groups is 2. The van der Waals surface area contributed by atoms with Crippen LogP contribution in [0.25, 0.3) is 0 Å². The zero-order valence-electron chi connectivity index (χ0n) is 23.2. The van der Waals surface area contributed by atoms with Gasteiger partial charge in [0.25, 0.3) is 0 Å². The van der Waals surface area contributed by atoms with Gasteiger partial charge in [-0.2, -0.15) is 0 Å². The summed E-state index contributed by atoms with van der Waals surface area (Å²) in [7, 11) is 0. The number of hydrogen-bond acceptors (Lipinski definition) is 5. The molecule has 5 rings (SSSR count). The van der Waals surface area contributed by atoms with E-state index in [1.807, 2.05) is 43.3 Å². The first-order valence-electron chi connectivity index (χ1n) is 13.5. The predicted molar refractivity (Wildman–Crippen MR) is 162 cm³/mol. The van der Waals surface area contributed by atoms with Crippen LogP contribution in [0.15, 0.2) is 58.9 Å². The van der Waals surface area contributed by atoms with Crippen molar-refractivity contribution in [1.29, 1.82) is 0 Å². The van der Waals surface area contributed by atoms with E-state index in [-0.39, 0.29) is 22.4 Å². The maximum Gasteiger partial charge on any atom is 0.174 e. The molecular formula is C32H35ClINO4. The number of dihydropyridines is 1. The van der Waals surface area contributed by atoms with E-state index in [0.29, 0.717) is 42.6 Å². The van der Waals surface area contributed by atoms with Crippen molar-refractivity contribution in [2.24, 2.45) is 10.8 Å². The third-order valence-corrected chi connectivity index (χ3v) is 8.73. The SMILES string of the molecule is CCOc1cc(C2C3=C(CC(C)(C)CC3=O)NC3=C2C(=O)CC(C)(C)C3)cc(I)c1OCc1ccc(Cl)cc1. The van der Waals surface area contributed by atoms with Gasteiger partial charge >= 0.3 is 0 Å². The van der Waals surface area contributed by atoms with Crippen molar-refractivity contribution in [3.63, 3.8) is 0 Å². The van der Waals surface area contributed by atoms with Gasteiger partial charge < -0.3 is 14.8 Å². The summed E-state index contributed by atoms with van der Waals surface area (Å²) in [6.45, 7) is 11.3. The minimum Gasteiger partial charge on any atom is -0.490 e. The van der Waals surface area contributed by atoms with Gasteiger partial charge in [-0.05, 0) is 88.6 Å². The molecule has 1 N–H and O–H groups in total. The molecule has 1 aliphatic heterocycles. The number of benzene rings is 2. The van der Waals surface area contributed by atoms with Crippen molar-refractivity contribution in [2.75, 3.05) is 6.61 Å². The summed E-state index contributed by atoms with van der Waals surface area (Å²) in [4.78, 5) is 27.4. The van der Waals surface area contributed by atoms with Gasteiger partial charge in [0, 0.05) is 46.3 Å². The normalized spacial score (nSPS) is 20.4. The lowest BCUT2D eigenvalue weighted by molar-refractivity contribution is -0.119. The first-order valence-corrected chi connectivity index (χ1v) is 15.0. The summed E-state index contributed by atoms with van der Waals surface area (Å²) in [6, 6.07) is 11.6. The van der Waals surface area contributed by atoms with Crippen LogP contribution in [0.5, 0.6) is 11.5 Å². The van der Waals surface area contributed by atoms with Gasteiger partial charge in [0.15, 0.2) is 23.1 Å². The van der Waals surface area contributed by atoms with Crippen LogP contribution in [-0.4, -0.2) is 18.2 Å². The number of halogens is 2. The van der Waals surface area contributed by atoms with Crippen molar-refractivity contribution in [3.05, 3.63) is 78.7 Å². The third kappa shape index (κ3) is 5.78. The fourth-order valence-electron chi connectivity index (χ4n) is 6.12. The Morgan fingerprint density at radius 3 is 2.00 bits per heavy atom. The predicted octanol–water partition coefficient (Wildman–Crippen LogP) is 7.90. The van der Waals surface area contributed by atoms with E-state index in [9.17, 15) is 9.59 Å². The molecule has 0 bridgehead atoms. The van der Waals surface area contributed by atoms with Crippen LogP contribution in [0.2, 0.25) is 5.02 Å². The minimum absolute atomic E-state index is 0.110. The zero-order valence-corrected chi connectivity index (χ0v) is 26.1. The molecule has 0 fully saturated rings. The van der Waals surface area contributed by atoms with Crippen LogP contribution in [0.1, 0.15) is 77.3 Å². The Hall–Kier alpha value is -2.32. The van der Waals surface area contributed by atoms with Crippen molar-refractivity contribution in [3.8, 4) is 11.5 Å². The number of ether oxygens (including phenoxy) is 2. The van der Waals surface area contributed by atoms with Crippen LogP contribution in [0.3, 0.4) is 0 Å². The fraction of sp³-hybridized carbons (Fsp3) is 0.438. The van der Waals surface area contributed by atoms with E-state index in [0.717, 1.165) is 50.1 Å². The molecule has 39 heavy (non-hydrogen) atoms. The molecular weight excluding hydrogens is 625 g/mol.